The van der Waals surface area contributed by atoms with Crippen LogP contribution < -0.4 is 0 Å². The molecule has 1 aliphatic heterocycles. The average Bonchev–Trinajstić information content (AvgIpc) is 2.63. The number of nitrogens with zero attached hydrogens (tertiary/aromatic N) is 2. The molecule has 23 heavy (non-hydrogen) atoms. The SMILES string of the molecule is CCO[C@@H]1CCC(c2ccccc2)=NN1C(=O)c1ccccc1. The van der Waals surface area contributed by atoms with Gasteiger partial charge in [-0.25, -0.2) is 5.01 Å². The van der Waals surface area contributed by atoms with Gasteiger partial charge >= 0.3 is 0 Å². The number of hydrazone groups is 1. The van der Waals surface area contributed by atoms with Gasteiger partial charge in [-0.3, -0.25) is 4.79 Å². The smallest absolute Gasteiger partial charge is 0.276 e. The Labute approximate surface area is 136 Å². The number of ether oxygens (including phenoxy) is 1. The number of hydrogen-bond donors (Lipinski definition) is 0. The van der Waals surface area contributed by atoms with E-state index >= 15 is 0 Å². The summed E-state index contributed by atoms with van der Waals surface area (Å²) in [5.41, 5.74) is 2.59. The second kappa shape index (κ2) is 7.20. The minimum Gasteiger partial charge on any atom is -0.357 e. The number of benzene rings is 2. The number of hydrogen-bond acceptors (Lipinski definition) is 3. The zero-order valence-electron chi connectivity index (χ0n) is 13.2. The Hall–Kier alpha value is -2.46. The molecule has 4 heteroatoms. The molecule has 1 amide bonds. The van der Waals surface area contributed by atoms with Gasteiger partial charge in [0.15, 0.2) is 6.23 Å². The van der Waals surface area contributed by atoms with E-state index < -0.39 is 0 Å². The lowest BCUT2D eigenvalue weighted by Crippen LogP contribution is -2.42. The zero-order valence-corrected chi connectivity index (χ0v) is 13.2. The molecule has 4 nitrogen and oxygen atoms in total. The third-order valence-corrected chi connectivity index (χ3v) is 3.82. The van der Waals surface area contributed by atoms with Crippen LogP contribution in [0.1, 0.15) is 35.7 Å². The summed E-state index contributed by atoms with van der Waals surface area (Å²) in [5, 5.41) is 6.09. The fraction of sp³-hybridized carbons (Fsp3) is 0.263. The van der Waals surface area contributed by atoms with Gasteiger partial charge in [0.2, 0.25) is 0 Å². The summed E-state index contributed by atoms with van der Waals surface area (Å²) in [7, 11) is 0. The van der Waals surface area contributed by atoms with E-state index in [1.165, 1.54) is 5.01 Å². The van der Waals surface area contributed by atoms with E-state index in [1.807, 2.05) is 55.5 Å². The van der Waals surface area contributed by atoms with Gasteiger partial charge < -0.3 is 4.74 Å². The van der Waals surface area contributed by atoms with Gasteiger partial charge in [-0.15, -0.1) is 0 Å². The molecule has 0 saturated heterocycles. The number of amides is 1. The van der Waals surface area contributed by atoms with Crippen LogP contribution in [0.5, 0.6) is 0 Å². The lowest BCUT2D eigenvalue weighted by Gasteiger charge is -2.32. The Balaban J connectivity index is 1.93. The minimum atomic E-state index is -0.305. The van der Waals surface area contributed by atoms with Crippen LogP contribution in [-0.2, 0) is 4.74 Å². The number of carbonyl (C=O) groups excluding carboxylic acids is 1. The van der Waals surface area contributed by atoms with E-state index in [0.29, 0.717) is 12.2 Å². The largest absolute Gasteiger partial charge is 0.357 e. The second-order valence-electron chi connectivity index (χ2n) is 5.38. The molecule has 1 aliphatic rings. The maximum atomic E-state index is 12.8. The van der Waals surface area contributed by atoms with Gasteiger partial charge in [0.05, 0.1) is 5.71 Å². The average molecular weight is 308 g/mol. The quantitative estimate of drug-likeness (QED) is 0.864. The zero-order chi connectivity index (χ0) is 16.1. The van der Waals surface area contributed by atoms with Gasteiger partial charge in [-0.05, 0) is 37.5 Å². The van der Waals surface area contributed by atoms with Crippen LogP contribution in [0, 0.1) is 0 Å². The topological polar surface area (TPSA) is 41.9 Å². The van der Waals surface area contributed by atoms with E-state index in [1.54, 1.807) is 12.1 Å². The normalized spacial score (nSPS) is 17.7. The van der Waals surface area contributed by atoms with Crippen LogP contribution in [0.15, 0.2) is 65.8 Å². The minimum absolute atomic E-state index is 0.128. The standard InChI is InChI=1S/C19H20N2O2/c1-2-23-18-14-13-17(15-9-5-3-6-10-15)20-21(18)19(22)16-11-7-4-8-12-16/h3-12,18H,2,13-14H2,1H3/t18-/m1/s1. The van der Waals surface area contributed by atoms with Crippen molar-refractivity contribution in [3.63, 3.8) is 0 Å². The highest BCUT2D eigenvalue weighted by molar-refractivity contribution is 6.03. The molecule has 1 atom stereocenters. The molecule has 1 heterocycles. The molecule has 0 spiro atoms. The third kappa shape index (κ3) is 3.48. The summed E-state index contributed by atoms with van der Waals surface area (Å²) in [6.45, 7) is 2.49. The molecule has 0 fully saturated rings. The van der Waals surface area contributed by atoms with Gasteiger partial charge in [0.25, 0.3) is 5.91 Å². The van der Waals surface area contributed by atoms with Crippen molar-refractivity contribution in [2.45, 2.75) is 26.0 Å². The van der Waals surface area contributed by atoms with Crippen molar-refractivity contribution >= 4 is 11.6 Å². The van der Waals surface area contributed by atoms with Gasteiger partial charge in [0.1, 0.15) is 0 Å². The Kier molecular flexibility index (Phi) is 4.83. The summed E-state index contributed by atoms with van der Waals surface area (Å²) in [6, 6.07) is 19.2. The fourth-order valence-electron chi connectivity index (χ4n) is 2.70. The molecule has 2 aromatic rings. The molecule has 3 rings (SSSR count). The van der Waals surface area contributed by atoms with E-state index in [2.05, 4.69) is 5.10 Å². The van der Waals surface area contributed by atoms with E-state index in [4.69, 9.17) is 4.74 Å². The van der Waals surface area contributed by atoms with Gasteiger partial charge in [-0.1, -0.05) is 48.5 Å². The van der Waals surface area contributed by atoms with Crippen LogP contribution in [0.3, 0.4) is 0 Å². The molecular weight excluding hydrogens is 288 g/mol. The van der Waals surface area contributed by atoms with Crippen molar-refractivity contribution in [3.05, 3.63) is 71.8 Å². The molecule has 0 saturated carbocycles. The first-order chi connectivity index (χ1) is 11.3. The van der Waals surface area contributed by atoms with E-state index in [9.17, 15) is 4.79 Å². The number of rotatable bonds is 4. The molecule has 0 N–H and O–H groups in total. The molecule has 0 aliphatic carbocycles. The molecule has 118 valence electrons. The highest BCUT2D eigenvalue weighted by Crippen LogP contribution is 2.22. The molecule has 0 aromatic heterocycles. The van der Waals surface area contributed by atoms with Crippen molar-refractivity contribution in [1.82, 2.24) is 5.01 Å². The van der Waals surface area contributed by atoms with Crippen molar-refractivity contribution in [3.8, 4) is 0 Å². The van der Waals surface area contributed by atoms with E-state index in [-0.39, 0.29) is 12.1 Å². The lowest BCUT2D eigenvalue weighted by atomic mass is 10.0. The van der Waals surface area contributed by atoms with Crippen LogP contribution >= 0.6 is 0 Å². The summed E-state index contributed by atoms with van der Waals surface area (Å²) < 4.78 is 5.72. The fourth-order valence-corrected chi connectivity index (χ4v) is 2.70. The predicted octanol–water partition coefficient (Wildman–Crippen LogP) is 3.69. The van der Waals surface area contributed by atoms with Gasteiger partial charge in [0, 0.05) is 12.2 Å². The van der Waals surface area contributed by atoms with Crippen molar-refractivity contribution in [2.24, 2.45) is 5.10 Å². The van der Waals surface area contributed by atoms with Crippen LogP contribution in [0.25, 0.3) is 0 Å². The van der Waals surface area contributed by atoms with Crippen molar-refractivity contribution in [1.29, 1.82) is 0 Å². The molecule has 2 aromatic carbocycles. The number of carbonyl (C=O) groups is 1. The predicted molar refractivity (Wildman–Crippen MR) is 90.2 cm³/mol. The molecule has 0 unspecified atom stereocenters. The van der Waals surface area contributed by atoms with Gasteiger partial charge in [-0.2, -0.15) is 5.10 Å². The first kappa shape index (κ1) is 15.4. The Bertz CT molecular complexity index is 683. The third-order valence-electron chi connectivity index (χ3n) is 3.82. The summed E-state index contributed by atoms with van der Waals surface area (Å²) in [5.74, 6) is -0.128. The monoisotopic (exact) mass is 308 g/mol. The maximum Gasteiger partial charge on any atom is 0.276 e. The highest BCUT2D eigenvalue weighted by Gasteiger charge is 2.29. The first-order valence-electron chi connectivity index (χ1n) is 7.92. The molecular formula is C19H20N2O2. The Morgan fingerprint density at radius 2 is 1.78 bits per heavy atom. The van der Waals surface area contributed by atoms with Crippen LogP contribution in [0.2, 0.25) is 0 Å². The van der Waals surface area contributed by atoms with Crippen molar-refractivity contribution in [2.75, 3.05) is 6.61 Å². The van der Waals surface area contributed by atoms with Crippen LogP contribution in [0.4, 0.5) is 0 Å². The molecule has 0 radical (unpaired) electrons. The Morgan fingerprint density at radius 3 is 2.43 bits per heavy atom. The molecule has 0 bridgehead atoms. The summed E-state index contributed by atoms with van der Waals surface area (Å²) in [6.07, 6.45) is 1.24. The second-order valence-corrected chi connectivity index (χ2v) is 5.38. The Morgan fingerprint density at radius 1 is 1.13 bits per heavy atom. The van der Waals surface area contributed by atoms with Crippen molar-refractivity contribution < 1.29 is 9.53 Å². The first-order valence-corrected chi connectivity index (χ1v) is 7.92. The highest BCUT2D eigenvalue weighted by atomic mass is 16.5. The van der Waals surface area contributed by atoms with Crippen LogP contribution in [-0.4, -0.2) is 29.5 Å². The maximum absolute atomic E-state index is 12.8. The summed E-state index contributed by atoms with van der Waals surface area (Å²) >= 11 is 0. The lowest BCUT2D eigenvalue weighted by molar-refractivity contribution is -0.0476. The summed E-state index contributed by atoms with van der Waals surface area (Å²) in [4.78, 5) is 12.8. The van der Waals surface area contributed by atoms with E-state index in [0.717, 1.165) is 24.1 Å².